The van der Waals surface area contributed by atoms with Crippen LogP contribution < -0.4 is 10.1 Å². The molecule has 3 aromatic carbocycles. The Balaban J connectivity index is 1.34. The molecule has 164 valence electrons. The highest BCUT2D eigenvalue weighted by Crippen LogP contribution is 2.24. The molecule has 4 heteroatoms. The van der Waals surface area contributed by atoms with Crippen molar-refractivity contribution in [1.29, 1.82) is 0 Å². The molecule has 0 bridgehead atoms. The Labute approximate surface area is 190 Å². The van der Waals surface area contributed by atoms with Crippen LogP contribution in [0, 0.1) is 6.92 Å². The largest absolute Gasteiger partial charge is 0.497 e. The van der Waals surface area contributed by atoms with Crippen molar-refractivity contribution in [2.45, 2.75) is 26.4 Å². The van der Waals surface area contributed by atoms with Gasteiger partial charge in [0.1, 0.15) is 5.75 Å². The van der Waals surface area contributed by atoms with Gasteiger partial charge < -0.3 is 10.1 Å². The summed E-state index contributed by atoms with van der Waals surface area (Å²) in [6, 6.07) is 24.5. The molecule has 0 saturated carbocycles. The van der Waals surface area contributed by atoms with Crippen LogP contribution in [0.3, 0.4) is 0 Å². The Morgan fingerprint density at radius 1 is 1.00 bits per heavy atom. The molecule has 1 aliphatic heterocycles. The van der Waals surface area contributed by atoms with Crippen molar-refractivity contribution in [2.24, 2.45) is 0 Å². The zero-order valence-corrected chi connectivity index (χ0v) is 18.8. The summed E-state index contributed by atoms with van der Waals surface area (Å²) < 4.78 is 5.24. The number of nitrogens with zero attached hydrogens (tertiary/aromatic N) is 1. The Morgan fingerprint density at radius 3 is 2.53 bits per heavy atom. The molecule has 0 atom stereocenters. The molecule has 0 saturated heterocycles. The van der Waals surface area contributed by atoms with Gasteiger partial charge in [-0.25, -0.2) is 0 Å². The van der Waals surface area contributed by atoms with Crippen molar-refractivity contribution in [2.75, 3.05) is 20.2 Å². The summed E-state index contributed by atoms with van der Waals surface area (Å²) in [7, 11) is 1.69. The number of amides is 1. The fourth-order valence-corrected chi connectivity index (χ4v) is 4.06. The first-order valence-corrected chi connectivity index (χ1v) is 11.1. The minimum absolute atomic E-state index is 0.0369. The van der Waals surface area contributed by atoms with E-state index in [4.69, 9.17) is 4.74 Å². The third-order valence-corrected chi connectivity index (χ3v) is 5.89. The maximum Gasteiger partial charge on any atom is 0.251 e. The minimum atomic E-state index is -0.0369. The van der Waals surface area contributed by atoms with Gasteiger partial charge in [0.25, 0.3) is 5.91 Å². The van der Waals surface area contributed by atoms with Gasteiger partial charge in [0, 0.05) is 31.7 Å². The normalized spacial score (nSPS) is 14.0. The van der Waals surface area contributed by atoms with E-state index >= 15 is 0 Å². The van der Waals surface area contributed by atoms with E-state index in [0.29, 0.717) is 12.1 Å². The van der Waals surface area contributed by atoms with Crippen molar-refractivity contribution in [3.8, 4) is 5.75 Å². The maximum absolute atomic E-state index is 12.4. The molecular formula is C28H30N2O2. The predicted octanol–water partition coefficient (Wildman–Crippen LogP) is 5.22. The maximum atomic E-state index is 12.4. The van der Waals surface area contributed by atoms with Gasteiger partial charge in [-0.05, 0) is 65.9 Å². The first kappa shape index (κ1) is 21.8. The molecular weight excluding hydrogens is 396 g/mol. The molecule has 0 aromatic heterocycles. The SMILES string of the molecule is COc1ccc(CN2CC=C(c3cccc(CNC(=O)c4cccc(C)c4)c3)CC2)cc1. The molecule has 1 N–H and O–H groups in total. The summed E-state index contributed by atoms with van der Waals surface area (Å²) in [5, 5.41) is 3.04. The number of hydrogen-bond acceptors (Lipinski definition) is 3. The second-order valence-electron chi connectivity index (χ2n) is 8.32. The number of aryl methyl sites for hydroxylation is 1. The number of nitrogens with one attached hydrogen (secondary N) is 1. The topological polar surface area (TPSA) is 41.6 Å². The summed E-state index contributed by atoms with van der Waals surface area (Å²) in [4.78, 5) is 14.9. The first-order chi connectivity index (χ1) is 15.6. The van der Waals surface area contributed by atoms with Crippen molar-refractivity contribution >= 4 is 11.5 Å². The fourth-order valence-electron chi connectivity index (χ4n) is 4.06. The van der Waals surface area contributed by atoms with E-state index in [-0.39, 0.29) is 5.91 Å². The van der Waals surface area contributed by atoms with Crippen LogP contribution in [0.5, 0.6) is 5.75 Å². The van der Waals surface area contributed by atoms with Crippen molar-refractivity contribution in [3.05, 3.63) is 107 Å². The standard InChI is InChI=1S/C28H30N2O2/c1-21-5-3-8-26(17-21)28(31)29-19-23-6-4-7-25(18-23)24-13-15-30(16-14-24)20-22-9-11-27(32-2)12-10-22/h3-13,17-18H,14-16,19-20H2,1-2H3,(H,29,31). The van der Waals surface area contributed by atoms with Crippen molar-refractivity contribution in [1.82, 2.24) is 10.2 Å². The zero-order chi connectivity index (χ0) is 22.3. The van der Waals surface area contributed by atoms with E-state index in [0.717, 1.165) is 42.9 Å². The lowest BCUT2D eigenvalue weighted by Gasteiger charge is -2.26. The molecule has 0 unspecified atom stereocenters. The number of rotatable bonds is 7. The number of carbonyl (C=O) groups is 1. The summed E-state index contributed by atoms with van der Waals surface area (Å²) in [6.45, 7) is 5.44. The van der Waals surface area contributed by atoms with Crippen LogP contribution in [0.1, 0.15) is 39.0 Å². The van der Waals surface area contributed by atoms with E-state index < -0.39 is 0 Å². The fraction of sp³-hybridized carbons (Fsp3) is 0.250. The van der Waals surface area contributed by atoms with Crippen LogP contribution in [-0.2, 0) is 13.1 Å². The predicted molar refractivity (Wildman–Crippen MR) is 130 cm³/mol. The van der Waals surface area contributed by atoms with Gasteiger partial charge in [0.05, 0.1) is 7.11 Å². The lowest BCUT2D eigenvalue weighted by atomic mass is 9.97. The van der Waals surface area contributed by atoms with Gasteiger partial charge in [0.2, 0.25) is 0 Å². The Morgan fingerprint density at radius 2 is 1.81 bits per heavy atom. The lowest BCUT2D eigenvalue weighted by molar-refractivity contribution is 0.0951. The molecule has 1 heterocycles. The van der Waals surface area contributed by atoms with Crippen molar-refractivity contribution in [3.63, 3.8) is 0 Å². The van der Waals surface area contributed by atoms with Crippen LogP contribution in [0.4, 0.5) is 0 Å². The van der Waals surface area contributed by atoms with E-state index in [9.17, 15) is 4.79 Å². The van der Waals surface area contributed by atoms with Crippen LogP contribution in [-0.4, -0.2) is 31.0 Å². The van der Waals surface area contributed by atoms with Gasteiger partial charge in [0.15, 0.2) is 0 Å². The number of methoxy groups -OCH3 is 1. The number of carbonyl (C=O) groups excluding carboxylic acids is 1. The van der Waals surface area contributed by atoms with E-state index in [1.54, 1.807) is 7.11 Å². The van der Waals surface area contributed by atoms with Gasteiger partial charge in [-0.2, -0.15) is 0 Å². The second kappa shape index (κ2) is 10.3. The molecule has 1 amide bonds. The third-order valence-electron chi connectivity index (χ3n) is 5.89. The van der Waals surface area contributed by atoms with Crippen LogP contribution in [0.2, 0.25) is 0 Å². The number of benzene rings is 3. The molecule has 4 rings (SSSR count). The third kappa shape index (κ3) is 5.65. The summed E-state index contributed by atoms with van der Waals surface area (Å²) in [5.41, 5.74) is 6.83. The molecule has 0 aliphatic carbocycles. The van der Waals surface area contributed by atoms with E-state index in [1.807, 2.05) is 43.3 Å². The highest BCUT2D eigenvalue weighted by atomic mass is 16.5. The summed E-state index contributed by atoms with van der Waals surface area (Å²) in [5.74, 6) is 0.856. The monoisotopic (exact) mass is 426 g/mol. The van der Waals surface area contributed by atoms with Gasteiger partial charge in [-0.3, -0.25) is 9.69 Å². The molecule has 0 spiro atoms. The van der Waals surface area contributed by atoms with Gasteiger partial charge in [-0.1, -0.05) is 54.1 Å². The first-order valence-electron chi connectivity index (χ1n) is 11.1. The molecule has 0 radical (unpaired) electrons. The number of hydrogen-bond donors (Lipinski definition) is 1. The van der Waals surface area contributed by atoms with Gasteiger partial charge >= 0.3 is 0 Å². The quantitative estimate of drug-likeness (QED) is 0.563. The Hall–Kier alpha value is -3.37. The Bertz CT molecular complexity index is 1100. The highest BCUT2D eigenvalue weighted by molar-refractivity contribution is 5.94. The molecule has 0 fully saturated rings. The zero-order valence-electron chi connectivity index (χ0n) is 18.8. The molecule has 1 aliphatic rings. The number of ether oxygens (including phenoxy) is 1. The lowest BCUT2D eigenvalue weighted by Crippen LogP contribution is -2.28. The minimum Gasteiger partial charge on any atom is -0.497 e. The second-order valence-corrected chi connectivity index (χ2v) is 8.32. The molecule has 4 nitrogen and oxygen atoms in total. The molecule has 32 heavy (non-hydrogen) atoms. The average Bonchev–Trinajstić information content (AvgIpc) is 2.84. The highest BCUT2D eigenvalue weighted by Gasteiger charge is 2.14. The van der Waals surface area contributed by atoms with Crippen LogP contribution in [0.25, 0.3) is 5.57 Å². The average molecular weight is 427 g/mol. The van der Waals surface area contributed by atoms with Crippen LogP contribution in [0.15, 0.2) is 78.9 Å². The smallest absolute Gasteiger partial charge is 0.251 e. The summed E-state index contributed by atoms with van der Waals surface area (Å²) in [6.07, 6.45) is 3.35. The van der Waals surface area contributed by atoms with Crippen molar-refractivity contribution < 1.29 is 9.53 Å². The van der Waals surface area contributed by atoms with Crippen LogP contribution >= 0.6 is 0 Å². The Kier molecular flexibility index (Phi) is 7.03. The van der Waals surface area contributed by atoms with Gasteiger partial charge in [-0.15, -0.1) is 0 Å². The van der Waals surface area contributed by atoms with E-state index in [2.05, 4.69) is 52.7 Å². The summed E-state index contributed by atoms with van der Waals surface area (Å²) >= 11 is 0. The molecule has 3 aromatic rings. The van der Waals surface area contributed by atoms with E-state index in [1.165, 1.54) is 16.7 Å².